The van der Waals surface area contributed by atoms with Crippen LogP contribution in [0.2, 0.25) is 0 Å². The molecule has 1 aliphatic rings. The van der Waals surface area contributed by atoms with Crippen LogP contribution in [0.25, 0.3) is 0 Å². The molecule has 1 saturated heterocycles. The second-order valence-corrected chi connectivity index (χ2v) is 6.99. The molecule has 23 heavy (non-hydrogen) atoms. The average Bonchev–Trinajstić information content (AvgIpc) is 2.73. The van der Waals surface area contributed by atoms with E-state index in [1.807, 2.05) is 0 Å². The standard InChI is InChI=1S/C15H22N2O5S/c1-21-10-11-22-12-5-7-13(8-6-12)23(19,20)17-14-4-2-3-9-16-15(14)18/h5-8,14,17H,2-4,9-11H2,1H3,(H,16,18)/t14-/m0/s1. The summed E-state index contributed by atoms with van der Waals surface area (Å²) in [7, 11) is -2.16. The zero-order valence-corrected chi connectivity index (χ0v) is 13.9. The molecule has 1 fully saturated rings. The minimum Gasteiger partial charge on any atom is -0.491 e. The van der Waals surface area contributed by atoms with Crippen molar-refractivity contribution in [2.24, 2.45) is 0 Å². The second kappa shape index (κ2) is 8.28. The summed E-state index contributed by atoms with van der Waals surface area (Å²) in [6.45, 7) is 1.44. The Morgan fingerprint density at radius 2 is 1.96 bits per heavy atom. The fourth-order valence-electron chi connectivity index (χ4n) is 2.26. The van der Waals surface area contributed by atoms with Crippen molar-refractivity contribution in [3.8, 4) is 5.75 Å². The van der Waals surface area contributed by atoms with Crippen molar-refractivity contribution in [2.45, 2.75) is 30.2 Å². The minimum atomic E-state index is -3.74. The van der Waals surface area contributed by atoms with Gasteiger partial charge in [0.25, 0.3) is 0 Å². The molecule has 1 amide bonds. The van der Waals surface area contributed by atoms with Crippen LogP contribution in [0.5, 0.6) is 5.75 Å². The van der Waals surface area contributed by atoms with Crippen LogP contribution >= 0.6 is 0 Å². The van der Waals surface area contributed by atoms with Crippen molar-refractivity contribution in [3.05, 3.63) is 24.3 Å². The number of methoxy groups -OCH3 is 1. The van der Waals surface area contributed by atoms with Gasteiger partial charge in [0.05, 0.1) is 11.5 Å². The van der Waals surface area contributed by atoms with Crippen molar-refractivity contribution in [1.82, 2.24) is 10.0 Å². The van der Waals surface area contributed by atoms with E-state index in [0.717, 1.165) is 12.8 Å². The highest BCUT2D eigenvalue weighted by atomic mass is 32.2. The van der Waals surface area contributed by atoms with Gasteiger partial charge in [0.15, 0.2) is 0 Å². The molecule has 0 saturated carbocycles. The van der Waals surface area contributed by atoms with E-state index in [4.69, 9.17) is 9.47 Å². The predicted molar refractivity (Wildman–Crippen MR) is 84.8 cm³/mol. The summed E-state index contributed by atoms with van der Waals surface area (Å²) in [5.41, 5.74) is 0. The Kier molecular flexibility index (Phi) is 6.37. The molecule has 0 radical (unpaired) electrons. The van der Waals surface area contributed by atoms with Crippen LogP contribution in [0.3, 0.4) is 0 Å². The molecule has 0 aliphatic carbocycles. The van der Waals surface area contributed by atoms with E-state index in [0.29, 0.717) is 31.9 Å². The lowest BCUT2D eigenvalue weighted by Gasteiger charge is -2.15. The van der Waals surface area contributed by atoms with Crippen LogP contribution in [0.15, 0.2) is 29.2 Å². The van der Waals surface area contributed by atoms with Gasteiger partial charge < -0.3 is 14.8 Å². The molecule has 1 atom stereocenters. The van der Waals surface area contributed by atoms with Crippen LogP contribution in [0.1, 0.15) is 19.3 Å². The lowest BCUT2D eigenvalue weighted by molar-refractivity contribution is -0.122. The smallest absolute Gasteiger partial charge is 0.241 e. The number of rotatable bonds is 7. The Hall–Kier alpha value is -1.64. The van der Waals surface area contributed by atoms with Crippen LogP contribution in [-0.2, 0) is 19.6 Å². The van der Waals surface area contributed by atoms with E-state index in [2.05, 4.69) is 10.0 Å². The third-order valence-electron chi connectivity index (χ3n) is 3.52. The molecule has 128 valence electrons. The number of sulfonamides is 1. The summed E-state index contributed by atoms with van der Waals surface area (Å²) >= 11 is 0. The molecule has 1 aromatic rings. The highest BCUT2D eigenvalue weighted by Crippen LogP contribution is 2.17. The molecule has 7 nitrogen and oxygen atoms in total. The molecule has 0 bridgehead atoms. The van der Waals surface area contributed by atoms with Crippen molar-refractivity contribution < 1.29 is 22.7 Å². The van der Waals surface area contributed by atoms with Crippen molar-refractivity contribution in [1.29, 1.82) is 0 Å². The monoisotopic (exact) mass is 342 g/mol. The van der Waals surface area contributed by atoms with E-state index in [1.54, 1.807) is 19.2 Å². The van der Waals surface area contributed by atoms with Gasteiger partial charge in [0.2, 0.25) is 15.9 Å². The summed E-state index contributed by atoms with van der Waals surface area (Å²) in [6.07, 6.45) is 2.17. The molecule has 0 aromatic heterocycles. The summed E-state index contributed by atoms with van der Waals surface area (Å²) < 4.78 is 37.5. The molecule has 1 heterocycles. The number of benzene rings is 1. The van der Waals surface area contributed by atoms with Crippen molar-refractivity contribution in [3.63, 3.8) is 0 Å². The molecule has 0 spiro atoms. The fourth-order valence-corrected chi connectivity index (χ4v) is 3.49. The van der Waals surface area contributed by atoms with E-state index in [1.165, 1.54) is 12.1 Å². The third-order valence-corrected chi connectivity index (χ3v) is 5.01. The van der Waals surface area contributed by atoms with Gasteiger partial charge >= 0.3 is 0 Å². The van der Waals surface area contributed by atoms with E-state index < -0.39 is 16.1 Å². The van der Waals surface area contributed by atoms with Crippen molar-refractivity contribution in [2.75, 3.05) is 26.9 Å². The summed E-state index contributed by atoms with van der Waals surface area (Å²) in [5, 5.41) is 2.71. The van der Waals surface area contributed by atoms with Gasteiger partial charge in [-0.1, -0.05) is 0 Å². The number of carbonyl (C=O) groups excluding carboxylic acids is 1. The quantitative estimate of drug-likeness (QED) is 0.710. The van der Waals surface area contributed by atoms with E-state index in [-0.39, 0.29) is 10.8 Å². The Labute approximate surface area is 136 Å². The number of nitrogens with one attached hydrogen (secondary N) is 2. The molecule has 8 heteroatoms. The normalized spacial score (nSPS) is 19.0. The minimum absolute atomic E-state index is 0.105. The Bertz CT molecular complexity index is 615. The lowest BCUT2D eigenvalue weighted by Crippen LogP contribution is -2.45. The maximum Gasteiger partial charge on any atom is 0.241 e. The number of hydrogen-bond donors (Lipinski definition) is 2. The third kappa shape index (κ3) is 5.19. The van der Waals surface area contributed by atoms with Gasteiger partial charge in [0, 0.05) is 13.7 Å². The van der Waals surface area contributed by atoms with Crippen molar-refractivity contribution >= 4 is 15.9 Å². The topological polar surface area (TPSA) is 93.7 Å². The molecular formula is C15H22N2O5S. The number of carbonyl (C=O) groups is 1. The van der Waals surface area contributed by atoms with Gasteiger partial charge in [-0.3, -0.25) is 4.79 Å². The molecule has 1 aromatic carbocycles. The number of ether oxygens (including phenoxy) is 2. The van der Waals surface area contributed by atoms with Crippen LogP contribution in [-0.4, -0.2) is 47.2 Å². The zero-order chi connectivity index (χ0) is 16.7. The first-order chi connectivity index (χ1) is 11.0. The Morgan fingerprint density at radius 3 is 2.65 bits per heavy atom. The average molecular weight is 342 g/mol. The van der Waals surface area contributed by atoms with Gasteiger partial charge in [0.1, 0.15) is 18.4 Å². The summed E-state index contributed by atoms with van der Waals surface area (Å²) in [4.78, 5) is 12.0. The highest BCUT2D eigenvalue weighted by molar-refractivity contribution is 7.89. The predicted octanol–water partition coefficient (Wildman–Crippen LogP) is 0.659. The summed E-state index contributed by atoms with van der Waals surface area (Å²) in [6, 6.07) is 5.35. The SMILES string of the molecule is COCCOc1ccc(S(=O)(=O)N[C@H]2CCCCNC2=O)cc1. The zero-order valence-electron chi connectivity index (χ0n) is 13.1. The van der Waals surface area contributed by atoms with Gasteiger partial charge in [-0.15, -0.1) is 0 Å². The largest absolute Gasteiger partial charge is 0.491 e. The molecule has 0 unspecified atom stereocenters. The van der Waals surface area contributed by atoms with E-state index >= 15 is 0 Å². The van der Waals surface area contributed by atoms with Crippen LogP contribution in [0, 0.1) is 0 Å². The van der Waals surface area contributed by atoms with Gasteiger partial charge in [-0.05, 0) is 43.5 Å². The molecular weight excluding hydrogens is 320 g/mol. The Morgan fingerprint density at radius 1 is 1.22 bits per heavy atom. The van der Waals surface area contributed by atoms with Crippen LogP contribution < -0.4 is 14.8 Å². The molecule has 2 N–H and O–H groups in total. The second-order valence-electron chi connectivity index (χ2n) is 5.27. The first-order valence-electron chi connectivity index (χ1n) is 7.55. The highest BCUT2D eigenvalue weighted by Gasteiger charge is 2.26. The maximum atomic E-state index is 12.4. The first kappa shape index (κ1) is 17.7. The van der Waals surface area contributed by atoms with Gasteiger partial charge in [-0.25, -0.2) is 8.42 Å². The van der Waals surface area contributed by atoms with E-state index in [9.17, 15) is 13.2 Å². The number of hydrogen-bond acceptors (Lipinski definition) is 5. The first-order valence-corrected chi connectivity index (χ1v) is 9.03. The molecule has 1 aliphatic heterocycles. The lowest BCUT2D eigenvalue weighted by atomic mass is 10.1. The van der Waals surface area contributed by atoms with Crippen LogP contribution in [0.4, 0.5) is 0 Å². The summed E-state index contributed by atoms with van der Waals surface area (Å²) in [5.74, 6) is 0.291. The van der Waals surface area contributed by atoms with Gasteiger partial charge in [-0.2, -0.15) is 4.72 Å². The fraction of sp³-hybridized carbons (Fsp3) is 0.533. The maximum absolute atomic E-state index is 12.4. The molecule has 2 rings (SSSR count). The number of amides is 1. The Balaban J connectivity index is 2.02.